The van der Waals surface area contributed by atoms with E-state index in [1.165, 1.54) is 0 Å². The van der Waals surface area contributed by atoms with Gasteiger partial charge in [-0.05, 0) is 29.8 Å². The fourth-order valence-electron chi connectivity index (χ4n) is 3.34. The van der Waals surface area contributed by atoms with E-state index in [1.54, 1.807) is 4.31 Å². The molecule has 1 fully saturated rings. The van der Waals surface area contributed by atoms with Crippen molar-refractivity contribution in [2.75, 3.05) is 31.1 Å². The van der Waals surface area contributed by atoms with Gasteiger partial charge in [-0.25, -0.2) is 8.42 Å². The first kappa shape index (κ1) is 19.8. The fourth-order valence-corrected chi connectivity index (χ4v) is 4.98. The number of nitrogens with zero attached hydrogens (tertiary/aromatic N) is 4. The molecule has 0 bridgehead atoms. The molecule has 2 heterocycles. The van der Waals surface area contributed by atoms with Gasteiger partial charge in [0.15, 0.2) is 5.82 Å². The minimum Gasteiger partial charge on any atom is -0.352 e. The molecular weight excluding hydrogens is 408 g/mol. The highest BCUT2D eigenvalue weighted by atomic mass is 35.5. The van der Waals surface area contributed by atoms with Crippen molar-refractivity contribution in [3.05, 3.63) is 77.3 Å². The van der Waals surface area contributed by atoms with E-state index >= 15 is 0 Å². The first-order valence-corrected chi connectivity index (χ1v) is 11.4. The zero-order valence-electron chi connectivity index (χ0n) is 15.8. The van der Waals surface area contributed by atoms with Crippen molar-refractivity contribution in [1.82, 2.24) is 14.5 Å². The van der Waals surface area contributed by atoms with E-state index in [1.807, 2.05) is 66.7 Å². The first-order valence-electron chi connectivity index (χ1n) is 9.38. The number of sulfonamides is 1. The predicted octanol–water partition coefficient (Wildman–Crippen LogP) is 3.45. The first-order chi connectivity index (χ1) is 14.0. The van der Waals surface area contributed by atoms with Gasteiger partial charge in [-0.15, -0.1) is 10.2 Å². The molecule has 8 heteroatoms. The van der Waals surface area contributed by atoms with Crippen LogP contribution in [0.25, 0.3) is 11.3 Å². The van der Waals surface area contributed by atoms with Gasteiger partial charge in [-0.1, -0.05) is 54.1 Å². The highest BCUT2D eigenvalue weighted by molar-refractivity contribution is 7.88. The van der Waals surface area contributed by atoms with Crippen LogP contribution in [0.1, 0.15) is 5.56 Å². The van der Waals surface area contributed by atoms with Gasteiger partial charge < -0.3 is 4.90 Å². The van der Waals surface area contributed by atoms with Crippen LogP contribution in [-0.2, 0) is 15.8 Å². The molecule has 29 heavy (non-hydrogen) atoms. The van der Waals surface area contributed by atoms with Crippen LogP contribution in [0.4, 0.5) is 5.82 Å². The average Bonchev–Trinajstić information content (AvgIpc) is 2.75. The van der Waals surface area contributed by atoms with Gasteiger partial charge in [0.25, 0.3) is 0 Å². The third kappa shape index (κ3) is 4.75. The molecule has 6 nitrogen and oxygen atoms in total. The van der Waals surface area contributed by atoms with Crippen molar-refractivity contribution >= 4 is 27.4 Å². The Morgan fingerprint density at radius 1 is 0.828 bits per heavy atom. The molecule has 0 atom stereocenters. The van der Waals surface area contributed by atoms with Crippen LogP contribution in [0.3, 0.4) is 0 Å². The summed E-state index contributed by atoms with van der Waals surface area (Å²) in [5.74, 6) is 0.784. The van der Waals surface area contributed by atoms with E-state index in [9.17, 15) is 8.42 Å². The van der Waals surface area contributed by atoms with Crippen molar-refractivity contribution in [2.24, 2.45) is 0 Å². The number of anilines is 1. The summed E-state index contributed by atoms with van der Waals surface area (Å²) in [7, 11) is -3.33. The lowest BCUT2D eigenvalue weighted by Gasteiger charge is -2.34. The molecule has 0 N–H and O–H groups in total. The van der Waals surface area contributed by atoms with E-state index in [4.69, 9.17) is 11.6 Å². The molecule has 1 aliphatic heterocycles. The highest BCUT2D eigenvalue weighted by Crippen LogP contribution is 2.22. The van der Waals surface area contributed by atoms with Crippen molar-refractivity contribution in [3.63, 3.8) is 0 Å². The summed E-state index contributed by atoms with van der Waals surface area (Å²) in [5.41, 5.74) is 2.53. The summed E-state index contributed by atoms with van der Waals surface area (Å²) in [6, 6.07) is 20.6. The van der Waals surface area contributed by atoms with Crippen molar-refractivity contribution in [2.45, 2.75) is 5.75 Å². The minimum absolute atomic E-state index is 0.0312. The summed E-state index contributed by atoms with van der Waals surface area (Å²) >= 11 is 5.93. The molecule has 0 saturated carbocycles. The van der Waals surface area contributed by atoms with Crippen LogP contribution in [0, 0.1) is 0 Å². The summed E-state index contributed by atoms with van der Waals surface area (Å²) in [4.78, 5) is 2.06. The van der Waals surface area contributed by atoms with Gasteiger partial charge in [-0.2, -0.15) is 4.31 Å². The summed E-state index contributed by atoms with van der Waals surface area (Å²) in [6.07, 6.45) is 0. The molecule has 0 aliphatic carbocycles. The molecule has 0 amide bonds. The Morgan fingerprint density at radius 3 is 2.14 bits per heavy atom. The Balaban J connectivity index is 1.38. The number of hydrogen-bond donors (Lipinski definition) is 0. The van der Waals surface area contributed by atoms with Crippen LogP contribution in [0.5, 0.6) is 0 Å². The Labute approximate surface area is 175 Å². The topological polar surface area (TPSA) is 66.4 Å². The molecule has 1 aromatic heterocycles. The van der Waals surface area contributed by atoms with E-state index in [2.05, 4.69) is 15.1 Å². The number of piperazine rings is 1. The summed E-state index contributed by atoms with van der Waals surface area (Å²) < 4.78 is 26.9. The normalized spacial score (nSPS) is 15.4. The van der Waals surface area contributed by atoms with Crippen LogP contribution in [0.15, 0.2) is 66.7 Å². The number of rotatable bonds is 5. The van der Waals surface area contributed by atoms with Gasteiger partial charge in [0, 0.05) is 36.8 Å². The van der Waals surface area contributed by atoms with Gasteiger partial charge in [-0.3, -0.25) is 0 Å². The van der Waals surface area contributed by atoms with Crippen LogP contribution in [0.2, 0.25) is 5.02 Å². The summed E-state index contributed by atoms with van der Waals surface area (Å²) in [6.45, 7) is 2.05. The molecule has 0 radical (unpaired) electrons. The Hall–Kier alpha value is -2.48. The second-order valence-corrected chi connectivity index (χ2v) is 9.32. The smallest absolute Gasteiger partial charge is 0.218 e. The third-order valence-corrected chi connectivity index (χ3v) is 7.04. The zero-order valence-corrected chi connectivity index (χ0v) is 17.4. The maximum absolute atomic E-state index is 12.7. The number of halogens is 1. The van der Waals surface area contributed by atoms with E-state index < -0.39 is 10.0 Å². The lowest BCUT2D eigenvalue weighted by Crippen LogP contribution is -2.49. The van der Waals surface area contributed by atoms with Crippen LogP contribution in [-0.4, -0.2) is 49.1 Å². The van der Waals surface area contributed by atoms with E-state index in [-0.39, 0.29) is 5.75 Å². The fraction of sp³-hybridized carbons (Fsp3) is 0.238. The Morgan fingerprint density at radius 2 is 1.52 bits per heavy atom. The number of aromatic nitrogens is 2. The van der Waals surface area contributed by atoms with Crippen molar-refractivity contribution in [1.29, 1.82) is 0 Å². The average molecular weight is 429 g/mol. The van der Waals surface area contributed by atoms with Gasteiger partial charge in [0.05, 0.1) is 11.4 Å². The quantitative estimate of drug-likeness (QED) is 0.622. The Bertz CT molecular complexity index is 1050. The van der Waals surface area contributed by atoms with Crippen molar-refractivity contribution in [3.8, 4) is 11.3 Å². The third-order valence-electron chi connectivity index (χ3n) is 4.94. The standard InChI is InChI=1S/C21H21ClN4O2S/c22-19-8-6-18(7-9-19)20-10-11-21(24-23-20)25-12-14-26(15-13-25)29(27,28)16-17-4-2-1-3-5-17/h1-11H,12-16H2. The molecule has 0 unspecified atom stereocenters. The van der Waals surface area contributed by atoms with E-state index in [0.717, 1.165) is 22.6 Å². The lowest BCUT2D eigenvalue weighted by atomic mass is 10.1. The molecule has 1 saturated heterocycles. The molecular formula is C21H21ClN4O2S. The molecule has 0 spiro atoms. The van der Waals surface area contributed by atoms with Gasteiger partial charge in [0.2, 0.25) is 10.0 Å². The maximum Gasteiger partial charge on any atom is 0.218 e. The van der Waals surface area contributed by atoms with E-state index in [0.29, 0.717) is 31.2 Å². The minimum atomic E-state index is -3.33. The zero-order chi connectivity index (χ0) is 20.3. The molecule has 150 valence electrons. The van der Waals surface area contributed by atoms with Gasteiger partial charge >= 0.3 is 0 Å². The maximum atomic E-state index is 12.7. The molecule has 2 aromatic carbocycles. The SMILES string of the molecule is O=S(=O)(Cc1ccccc1)N1CCN(c2ccc(-c3ccc(Cl)cc3)nn2)CC1. The second-order valence-electron chi connectivity index (χ2n) is 6.91. The molecule has 3 aromatic rings. The summed E-state index contributed by atoms with van der Waals surface area (Å²) in [5, 5.41) is 9.32. The molecule has 4 rings (SSSR count). The van der Waals surface area contributed by atoms with Crippen LogP contribution < -0.4 is 4.90 Å². The lowest BCUT2D eigenvalue weighted by molar-refractivity contribution is 0.383. The van der Waals surface area contributed by atoms with Gasteiger partial charge in [0.1, 0.15) is 0 Å². The van der Waals surface area contributed by atoms with Crippen molar-refractivity contribution < 1.29 is 8.42 Å². The Kier molecular flexibility index (Phi) is 5.80. The highest BCUT2D eigenvalue weighted by Gasteiger charge is 2.27. The second kappa shape index (κ2) is 8.49. The number of hydrogen-bond acceptors (Lipinski definition) is 5. The number of benzene rings is 2. The monoisotopic (exact) mass is 428 g/mol. The predicted molar refractivity (Wildman–Crippen MR) is 115 cm³/mol. The molecule has 1 aliphatic rings. The largest absolute Gasteiger partial charge is 0.352 e. The van der Waals surface area contributed by atoms with Crippen LogP contribution >= 0.6 is 11.6 Å².